The fourth-order valence-corrected chi connectivity index (χ4v) is 4.53. The summed E-state index contributed by atoms with van der Waals surface area (Å²) in [5.74, 6) is 1.38. The number of methoxy groups -OCH3 is 1. The number of benzene rings is 1. The standard InChI is InChI=1S/C20H27NO5/c1-11-14-8-13(20(14,2)3)9-16(11)26-19(23)12-5-6-15(17(7-12)24-4)25-10-18(21)22/h5-7,11,13-14,16H,8-10H2,1-4H3,(H2,21,22)/t11-,13+,14-,16-/m0/s1. The molecule has 0 aromatic heterocycles. The quantitative estimate of drug-likeness (QED) is 0.787. The molecule has 26 heavy (non-hydrogen) atoms. The Bertz CT molecular complexity index is 714. The van der Waals surface area contributed by atoms with Gasteiger partial charge in [-0.05, 0) is 54.2 Å². The molecule has 0 radical (unpaired) electrons. The first-order chi connectivity index (χ1) is 12.2. The van der Waals surface area contributed by atoms with Gasteiger partial charge in [0.25, 0.3) is 5.91 Å². The lowest BCUT2D eigenvalue weighted by atomic mass is 9.45. The smallest absolute Gasteiger partial charge is 0.338 e. The maximum atomic E-state index is 12.6. The first-order valence-electron chi connectivity index (χ1n) is 9.04. The zero-order valence-electron chi connectivity index (χ0n) is 15.8. The van der Waals surface area contributed by atoms with Crippen LogP contribution >= 0.6 is 0 Å². The van der Waals surface area contributed by atoms with Gasteiger partial charge in [-0.3, -0.25) is 4.79 Å². The number of fused-ring (bicyclic) bond motifs is 2. The first kappa shape index (κ1) is 18.5. The molecule has 6 nitrogen and oxygen atoms in total. The van der Waals surface area contributed by atoms with Crippen LogP contribution in [0.4, 0.5) is 0 Å². The van der Waals surface area contributed by atoms with Gasteiger partial charge in [0.1, 0.15) is 6.10 Å². The maximum absolute atomic E-state index is 12.6. The van der Waals surface area contributed by atoms with E-state index in [1.54, 1.807) is 18.2 Å². The highest BCUT2D eigenvalue weighted by atomic mass is 16.5. The molecule has 0 unspecified atom stereocenters. The van der Waals surface area contributed by atoms with Crippen LogP contribution < -0.4 is 15.2 Å². The van der Waals surface area contributed by atoms with Crippen LogP contribution in [0.5, 0.6) is 11.5 Å². The number of rotatable bonds is 6. The molecule has 3 saturated carbocycles. The molecule has 1 aromatic carbocycles. The summed E-state index contributed by atoms with van der Waals surface area (Å²) in [5, 5.41) is 0. The molecule has 142 valence electrons. The highest BCUT2D eigenvalue weighted by Crippen LogP contribution is 2.61. The Balaban J connectivity index is 1.68. The average Bonchev–Trinajstić information content (AvgIpc) is 2.60. The van der Waals surface area contributed by atoms with Crippen LogP contribution in [-0.4, -0.2) is 31.7 Å². The monoisotopic (exact) mass is 361 g/mol. The summed E-state index contributed by atoms with van der Waals surface area (Å²) in [7, 11) is 1.47. The summed E-state index contributed by atoms with van der Waals surface area (Å²) in [4.78, 5) is 23.5. The summed E-state index contributed by atoms with van der Waals surface area (Å²) in [6.45, 7) is 6.56. The first-order valence-corrected chi connectivity index (χ1v) is 9.04. The lowest BCUT2D eigenvalue weighted by Crippen LogP contribution is -2.57. The Morgan fingerprint density at radius 3 is 2.54 bits per heavy atom. The van der Waals surface area contributed by atoms with Crippen molar-refractivity contribution in [2.75, 3.05) is 13.7 Å². The molecule has 3 fully saturated rings. The molecule has 0 saturated heterocycles. The zero-order valence-corrected chi connectivity index (χ0v) is 15.8. The number of primary amides is 1. The van der Waals surface area contributed by atoms with Crippen LogP contribution in [0.2, 0.25) is 0 Å². The number of ether oxygens (including phenoxy) is 3. The Morgan fingerprint density at radius 2 is 1.96 bits per heavy atom. The predicted octanol–water partition coefficient (Wildman–Crippen LogP) is 2.79. The second kappa shape index (κ2) is 6.82. The van der Waals surface area contributed by atoms with Gasteiger partial charge in [-0.15, -0.1) is 0 Å². The van der Waals surface area contributed by atoms with Crippen molar-refractivity contribution >= 4 is 11.9 Å². The molecule has 1 amide bonds. The Morgan fingerprint density at radius 1 is 1.23 bits per heavy atom. The second-order valence-corrected chi connectivity index (χ2v) is 8.02. The molecule has 3 aliphatic carbocycles. The van der Waals surface area contributed by atoms with E-state index >= 15 is 0 Å². The molecular formula is C20H27NO5. The van der Waals surface area contributed by atoms with Gasteiger partial charge in [-0.1, -0.05) is 20.8 Å². The van der Waals surface area contributed by atoms with E-state index in [1.807, 2.05) is 0 Å². The molecular weight excluding hydrogens is 334 g/mol. The van der Waals surface area contributed by atoms with Crippen molar-refractivity contribution in [3.63, 3.8) is 0 Å². The summed E-state index contributed by atoms with van der Waals surface area (Å²) >= 11 is 0. The molecule has 0 heterocycles. The van der Waals surface area contributed by atoms with Gasteiger partial charge in [0.2, 0.25) is 0 Å². The molecule has 2 N–H and O–H groups in total. The summed E-state index contributed by atoms with van der Waals surface area (Å²) in [6, 6.07) is 4.76. The normalized spacial score (nSPS) is 28.6. The number of esters is 1. The van der Waals surface area contributed by atoms with E-state index in [9.17, 15) is 9.59 Å². The largest absolute Gasteiger partial charge is 0.493 e. The summed E-state index contributed by atoms with van der Waals surface area (Å²) in [6.07, 6.45) is 2.12. The van der Waals surface area contributed by atoms with Gasteiger partial charge in [-0.25, -0.2) is 4.79 Å². The molecule has 4 atom stereocenters. The third-order valence-corrected chi connectivity index (χ3v) is 6.31. The van der Waals surface area contributed by atoms with E-state index in [0.29, 0.717) is 40.2 Å². The van der Waals surface area contributed by atoms with Crippen LogP contribution in [-0.2, 0) is 9.53 Å². The van der Waals surface area contributed by atoms with E-state index in [1.165, 1.54) is 13.5 Å². The predicted molar refractivity (Wildman–Crippen MR) is 96.0 cm³/mol. The minimum absolute atomic E-state index is 0.0453. The third-order valence-electron chi connectivity index (χ3n) is 6.31. The molecule has 0 spiro atoms. The zero-order chi connectivity index (χ0) is 19.1. The highest BCUT2D eigenvalue weighted by molar-refractivity contribution is 5.90. The molecule has 1 aromatic rings. The maximum Gasteiger partial charge on any atom is 0.338 e. The fraction of sp³-hybridized carbons (Fsp3) is 0.600. The van der Waals surface area contributed by atoms with Crippen LogP contribution in [0.3, 0.4) is 0 Å². The SMILES string of the molecule is COc1cc(C(=O)O[C@H]2C[C@H]3C[C@@H]([C@@H]2C)C3(C)C)ccc1OCC(N)=O. The van der Waals surface area contributed by atoms with Crippen molar-refractivity contribution < 1.29 is 23.8 Å². The minimum atomic E-state index is -0.580. The topological polar surface area (TPSA) is 87.8 Å². The van der Waals surface area contributed by atoms with Crippen LogP contribution in [0.1, 0.15) is 44.0 Å². The Labute approximate surface area is 154 Å². The number of amides is 1. The van der Waals surface area contributed by atoms with Crippen LogP contribution in [0.25, 0.3) is 0 Å². The third kappa shape index (κ3) is 3.24. The number of carbonyl (C=O) groups excluding carboxylic acids is 2. The minimum Gasteiger partial charge on any atom is -0.493 e. The lowest BCUT2D eigenvalue weighted by molar-refractivity contribution is -0.156. The second-order valence-electron chi connectivity index (χ2n) is 8.02. The summed E-state index contributed by atoms with van der Waals surface area (Å²) < 4.78 is 16.3. The van der Waals surface area contributed by atoms with E-state index < -0.39 is 5.91 Å². The van der Waals surface area contributed by atoms with E-state index in [0.717, 1.165) is 6.42 Å². The van der Waals surface area contributed by atoms with Gasteiger partial charge in [-0.2, -0.15) is 0 Å². The highest BCUT2D eigenvalue weighted by Gasteiger charge is 2.57. The number of carbonyl (C=O) groups is 2. The average molecular weight is 361 g/mol. The Kier molecular flexibility index (Phi) is 4.86. The van der Waals surface area contributed by atoms with Crippen molar-refractivity contribution in [1.82, 2.24) is 0 Å². The van der Waals surface area contributed by atoms with Gasteiger partial charge in [0, 0.05) is 0 Å². The van der Waals surface area contributed by atoms with Crippen molar-refractivity contribution in [2.24, 2.45) is 28.9 Å². The molecule has 3 aliphatic rings. The van der Waals surface area contributed by atoms with Gasteiger partial charge >= 0.3 is 5.97 Å². The summed E-state index contributed by atoms with van der Waals surface area (Å²) in [5.41, 5.74) is 5.84. The van der Waals surface area contributed by atoms with Crippen LogP contribution in [0.15, 0.2) is 18.2 Å². The molecule has 4 rings (SSSR count). The lowest BCUT2D eigenvalue weighted by Gasteiger charge is -2.61. The molecule has 2 bridgehead atoms. The number of nitrogens with two attached hydrogens (primary N) is 1. The Hall–Kier alpha value is -2.24. The van der Waals surface area contributed by atoms with Gasteiger partial charge in [0.05, 0.1) is 12.7 Å². The van der Waals surface area contributed by atoms with Crippen molar-refractivity contribution in [3.8, 4) is 11.5 Å². The fourth-order valence-electron chi connectivity index (χ4n) is 4.53. The van der Waals surface area contributed by atoms with Gasteiger partial charge < -0.3 is 19.9 Å². The van der Waals surface area contributed by atoms with E-state index in [4.69, 9.17) is 19.9 Å². The van der Waals surface area contributed by atoms with Crippen molar-refractivity contribution in [2.45, 2.75) is 39.7 Å². The number of hydrogen-bond donors (Lipinski definition) is 1. The molecule has 0 aliphatic heterocycles. The van der Waals surface area contributed by atoms with Crippen LogP contribution in [0, 0.1) is 23.2 Å². The van der Waals surface area contributed by atoms with E-state index in [2.05, 4.69) is 20.8 Å². The number of hydrogen-bond acceptors (Lipinski definition) is 5. The van der Waals surface area contributed by atoms with Gasteiger partial charge in [0.15, 0.2) is 18.1 Å². The molecule has 6 heteroatoms. The van der Waals surface area contributed by atoms with E-state index in [-0.39, 0.29) is 18.7 Å². The van der Waals surface area contributed by atoms with Crippen molar-refractivity contribution in [1.29, 1.82) is 0 Å². The van der Waals surface area contributed by atoms with Crippen molar-refractivity contribution in [3.05, 3.63) is 23.8 Å².